The Morgan fingerprint density at radius 1 is 1.17 bits per heavy atom. The second kappa shape index (κ2) is 2.73. The fraction of sp³-hybridized carbons (Fsp3) is 1.00. The van der Waals surface area contributed by atoms with Gasteiger partial charge in [0.25, 0.3) is 0 Å². The van der Waals surface area contributed by atoms with E-state index in [1.165, 1.54) is 13.0 Å². The summed E-state index contributed by atoms with van der Waals surface area (Å²) in [5, 5.41) is 0. The third-order valence-electron chi connectivity index (χ3n) is 3.93. The van der Waals surface area contributed by atoms with E-state index in [1.54, 1.807) is 0 Å². The molecule has 1 saturated carbocycles. The van der Waals surface area contributed by atoms with Crippen LogP contribution >= 0.6 is 0 Å². The monoisotopic (exact) mass is 167 g/mol. The maximum absolute atomic E-state index is 2.66. The first-order valence-corrected chi connectivity index (χ1v) is 5.37. The van der Waals surface area contributed by atoms with Gasteiger partial charge in [-0.2, -0.15) is 0 Å². The minimum absolute atomic E-state index is 0.777. The Bertz CT molecular complexity index is 154. The maximum atomic E-state index is 2.66. The molecule has 1 aliphatic heterocycles. The highest BCUT2D eigenvalue weighted by Crippen LogP contribution is 2.50. The molecule has 0 radical (unpaired) electrons. The molecular formula is C11H21N. The summed E-state index contributed by atoms with van der Waals surface area (Å²) in [4.78, 5) is 2.66. The van der Waals surface area contributed by atoms with Gasteiger partial charge in [0.05, 0.1) is 0 Å². The van der Waals surface area contributed by atoms with Gasteiger partial charge in [0.2, 0.25) is 0 Å². The summed E-state index contributed by atoms with van der Waals surface area (Å²) in [5.74, 6) is 3.03. The Balaban J connectivity index is 1.85. The highest BCUT2D eigenvalue weighted by Gasteiger charge is 2.53. The van der Waals surface area contributed by atoms with Crippen molar-refractivity contribution in [1.82, 2.24) is 4.90 Å². The molecule has 2 unspecified atom stereocenters. The molecule has 0 spiro atoms. The summed E-state index contributed by atoms with van der Waals surface area (Å²) in [6.07, 6.45) is 1.47. The van der Waals surface area contributed by atoms with Crippen LogP contribution < -0.4 is 0 Å². The predicted octanol–water partition coefficient (Wildman–Crippen LogP) is 2.37. The SMILES string of the molecule is CC(C)C1C[C@@H]2C1CN2C(C)C. The highest BCUT2D eigenvalue weighted by atomic mass is 15.3. The maximum Gasteiger partial charge on any atom is 0.0144 e. The van der Waals surface area contributed by atoms with Gasteiger partial charge in [-0.1, -0.05) is 13.8 Å². The van der Waals surface area contributed by atoms with Crippen molar-refractivity contribution in [2.45, 2.75) is 46.2 Å². The Morgan fingerprint density at radius 3 is 2.17 bits per heavy atom. The quantitative estimate of drug-likeness (QED) is 0.610. The Kier molecular flexibility index (Phi) is 1.95. The average Bonchev–Trinajstić information content (AvgIpc) is 1.92. The third-order valence-corrected chi connectivity index (χ3v) is 3.93. The van der Waals surface area contributed by atoms with Crippen LogP contribution in [0.3, 0.4) is 0 Å². The van der Waals surface area contributed by atoms with Gasteiger partial charge in [-0.05, 0) is 38.0 Å². The lowest BCUT2D eigenvalue weighted by atomic mass is 9.58. The van der Waals surface area contributed by atoms with Gasteiger partial charge >= 0.3 is 0 Å². The second-order valence-corrected chi connectivity index (χ2v) is 5.17. The molecule has 1 aliphatic carbocycles. The Hall–Kier alpha value is -0.0400. The van der Waals surface area contributed by atoms with Crippen molar-refractivity contribution in [1.29, 1.82) is 0 Å². The molecule has 0 amide bonds. The Morgan fingerprint density at radius 2 is 1.83 bits per heavy atom. The normalized spacial score (nSPS) is 41.0. The number of fused-ring (bicyclic) bond motifs is 1. The Labute approximate surface area is 76.1 Å². The topological polar surface area (TPSA) is 3.24 Å². The minimum atomic E-state index is 0.777. The lowest BCUT2D eigenvalue weighted by molar-refractivity contribution is -0.138. The zero-order chi connectivity index (χ0) is 8.88. The van der Waals surface area contributed by atoms with Crippen molar-refractivity contribution in [2.75, 3.05) is 6.54 Å². The lowest BCUT2D eigenvalue weighted by Gasteiger charge is -2.63. The summed E-state index contributed by atoms with van der Waals surface area (Å²) in [6, 6.07) is 1.75. The molecule has 2 fully saturated rings. The van der Waals surface area contributed by atoms with E-state index >= 15 is 0 Å². The van der Waals surface area contributed by atoms with E-state index in [9.17, 15) is 0 Å². The van der Waals surface area contributed by atoms with Crippen LogP contribution in [0.4, 0.5) is 0 Å². The van der Waals surface area contributed by atoms with Crippen molar-refractivity contribution in [3.8, 4) is 0 Å². The largest absolute Gasteiger partial charge is 0.297 e. The molecule has 0 aromatic heterocycles. The van der Waals surface area contributed by atoms with Gasteiger partial charge in [0.1, 0.15) is 0 Å². The fourth-order valence-electron chi connectivity index (χ4n) is 2.96. The van der Waals surface area contributed by atoms with Crippen LogP contribution in [0, 0.1) is 17.8 Å². The lowest BCUT2D eigenvalue weighted by Crippen LogP contribution is -2.69. The molecule has 12 heavy (non-hydrogen) atoms. The number of likely N-dealkylation sites (tertiary alicyclic amines) is 1. The van der Waals surface area contributed by atoms with E-state index in [0.717, 1.165) is 29.8 Å². The van der Waals surface area contributed by atoms with Crippen molar-refractivity contribution >= 4 is 0 Å². The van der Waals surface area contributed by atoms with Crippen molar-refractivity contribution in [3.63, 3.8) is 0 Å². The summed E-state index contributed by atoms with van der Waals surface area (Å²) >= 11 is 0. The van der Waals surface area contributed by atoms with Crippen LogP contribution in [0.5, 0.6) is 0 Å². The standard InChI is InChI=1S/C11H21N/c1-7(2)9-5-11-10(9)6-12(11)8(3)4/h7-11H,5-6H2,1-4H3/t9?,10?,11-/m1/s1. The number of piperidine rings is 1. The summed E-state index contributed by atoms with van der Waals surface area (Å²) in [5.41, 5.74) is 0. The van der Waals surface area contributed by atoms with Crippen molar-refractivity contribution in [2.24, 2.45) is 17.8 Å². The molecule has 0 N–H and O–H groups in total. The van der Waals surface area contributed by atoms with E-state index in [0.29, 0.717) is 0 Å². The number of rotatable bonds is 2. The fourth-order valence-corrected chi connectivity index (χ4v) is 2.96. The average molecular weight is 167 g/mol. The first kappa shape index (κ1) is 8.55. The van der Waals surface area contributed by atoms with E-state index in [1.807, 2.05) is 0 Å². The first-order valence-electron chi connectivity index (χ1n) is 5.37. The van der Waals surface area contributed by atoms with Gasteiger partial charge in [0.15, 0.2) is 0 Å². The van der Waals surface area contributed by atoms with E-state index in [2.05, 4.69) is 32.6 Å². The molecule has 1 heterocycles. The molecule has 1 heteroatoms. The molecular weight excluding hydrogens is 146 g/mol. The van der Waals surface area contributed by atoms with Gasteiger partial charge in [0, 0.05) is 18.6 Å². The van der Waals surface area contributed by atoms with Crippen LogP contribution in [0.25, 0.3) is 0 Å². The summed E-state index contributed by atoms with van der Waals surface area (Å²) < 4.78 is 0. The van der Waals surface area contributed by atoms with Gasteiger partial charge in [-0.3, -0.25) is 4.90 Å². The first-order chi connectivity index (χ1) is 5.61. The molecule has 1 nitrogen and oxygen atoms in total. The molecule has 1 saturated heterocycles. The molecule has 0 bridgehead atoms. The van der Waals surface area contributed by atoms with Crippen LogP contribution in [-0.2, 0) is 0 Å². The summed E-state index contributed by atoms with van der Waals surface area (Å²) in [7, 11) is 0. The van der Waals surface area contributed by atoms with Crippen LogP contribution in [-0.4, -0.2) is 23.5 Å². The molecule has 70 valence electrons. The number of nitrogens with zero attached hydrogens (tertiary/aromatic N) is 1. The molecule has 0 aromatic carbocycles. The number of hydrogen-bond donors (Lipinski definition) is 0. The molecule has 2 aliphatic rings. The third kappa shape index (κ3) is 1.02. The zero-order valence-electron chi connectivity index (χ0n) is 8.75. The van der Waals surface area contributed by atoms with Gasteiger partial charge in [-0.15, -0.1) is 0 Å². The zero-order valence-corrected chi connectivity index (χ0v) is 8.75. The van der Waals surface area contributed by atoms with Crippen molar-refractivity contribution < 1.29 is 0 Å². The van der Waals surface area contributed by atoms with Gasteiger partial charge < -0.3 is 0 Å². The summed E-state index contributed by atoms with van der Waals surface area (Å²) in [6.45, 7) is 10.8. The van der Waals surface area contributed by atoms with Gasteiger partial charge in [-0.25, -0.2) is 0 Å². The smallest absolute Gasteiger partial charge is 0.0144 e. The predicted molar refractivity (Wildman–Crippen MR) is 52.1 cm³/mol. The molecule has 3 atom stereocenters. The van der Waals surface area contributed by atoms with E-state index in [4.69, 9.17) is 0 Å². The molecule has 0 aromatic rings. The van der Waals surface area contributed by atoms with E-state index < -0.39 is 0 Å². The highest BCUT2D eigenvalue weighted by molar-refractivity contribution is 5.06. The minimum Gasteiger partial charge on any atom is -0.297 e. The van der Waals surface area contributed by atoms with Crippen LogP contribution in [0.2, 0.25) is 0 Å². The van der Waals surface area contributed by atoms with E-state index in [-0.39, 0.29) is 0 Å². The number of hydrogen-bond acceptors (Lipinski definition) is 1. The van der Waals surface area contributed by atoms with Crippen LogP contribution in [0.1, 0.15) is 34.1 Å². The van der Waals surface area contributed by atoms with Crippen molar-refractivity contribution in [3.05, 3.63) is 0 Å². The molecule has 2 rings (SSSR count). The second-order valence-electron chi connectivity index (χ2n) is 5.17. The van der Waals surface area contributed by atoms with Crippen LogP contribution in [0.15, 0.2) is 0 Å².